The molecule has 1 heterocycles. The molecule has 0 fully saturated rings. The van der Waals surface area contributed by atoms with Crippen LogP contribution in [0.1, 0.15) is 6.92 Å². The summed E-state index contributed by atoms with van der Waals surface area (Å²) in [6, 6.07) is 3.99. The van der Waals surface area contributed by atoms with E-state index in [1.807, 2.05) is 0 Å². The van der Waals surface area contributed by atoms with Crippen molar-refractivity contribution in [2.24, 2.45) is 0 Å². The number of nitrogens with zero attached hydrogens (tertiary/aromatic N) is 2. The molecule has 17 heavy (non-hydrogen) atoms. The predicted octanol–water partition coefficient (Wildman–Crippen LogP) is 0.618. The molecule has 2 rings (SSSR count). The lowest BCUT2D eigenvalue weighted by molar-refractivity contribution is -0.384. The third-order valence-electron chi connectivity index (χ3n) is 2.49. The van der Waals surface area contributed by atoms with E-state index >= 15 is 0 Å². The maximum atomic E-state index is 11.5. The van der Waals surface area contributed by atoms with E-state index in [9.17, 15) is 19.7 Å². The second-order valence-corrected chi connectivity index (χ2v) is 3.46. The van der Waals surface area contributed by atoms with Crippen LogP contribution in [0.5, 0.6) is 0 Å². The number of nitro groups is 1. The summed E-state index contributed by atoms with van der Waals surface area (Å²) in [4.78, 5) is 35.2. The van der Waals surface area contributed by atoms with Gasteiger partial charge in [-0.1, -0.05) is 0 Å². The van der Waals surface area contributed by atoms with Crippen LogP contribution < -0.4 is 11.1 Å². The van der Waals surface area contributed by atoms with Crippen molar-refractivity contribution >= 4 is 16.7 Å². The van der Waals surface area contributed by atoms with Gasteiger partial charge in [-0.2, -0.15) is 0 Å². The summed E-state index contributed by atoms with van der Waals surface area (Å²) in [7, 11) is 0. The highest BCUT2D eigenvalue weighted by molar-refractivity contribution is 5.77. The van der Waals surface area contributed by atoms with Crippen molar-refractivity contribution < 1.29 is 4.92 Å². The molecule has 1 N–H and O–H groups in total. The highest BCUT2D eigenvalue weighted by Crippen LogP contribution is 2.17. The van der Waals surface area contributed by atoms with Crippen LogP contribution in [-0.4, -0.2) is 14.5 Å². The first-order valence-corrected chi connectivity index (χ1v) is 4.96. The molecular weight excluding hydrogens is 226 g/mol. The third-order valence-corrected chi connectivity index (χ3v) is 2.49. The SMILES string of the molecule is CCn1c(=O)c(=O)[nH]c2cc([N+](=O)[O-])ccc21. The number of nitro benzene ring substituents is 1. The second kappa shape index (κ2) is 3.85. The van der Waals surface area contributed by atoms with Gasteiger partial charge < -0.3 is 9.55 Å². The normalized spacial score (nSPS) is 10.6. The van der Waals surface area contributed by atoms with Crippen LogP contribution in [0.2, 0.25) is 0 Å². The molecule has 0 saturated carbocycles. The lowest BCUT2D eigenvalue weighted by Gasteiger charge is -2.05. The highest BCUT2D eigenvalue weighted by Gasteiger charge is 2.10. The van der Waals surface area contributed by atoms with Crippen molar-refractivity contribution in [3.8, 4) is 0 Å². The Labute approximate surface area is 94.5 Å². The highest BCUT2D eigenvalue weighted by atomic mass is 16.6. The van der Waals surface area contributed by atoms with E-state index in [0.717, 1.165) is 0 Å². The largest absolute Gasteiger partial charge is 0.316 e. The fourth-order valence-corrected chi connectivity index (χ4v) is 1.69. The molecule has 7 heteroatoms. The number of nitrogens with one attached hydrogen (secondary N) is 1. The minimum absolute atomic E-state index is 0.130. The molecule has 88 valence electrons. The van der Waals surface area contributed by atoms with Gasteiger partial charge in [-0.05, 0) is 13.0 Å². The molecular formula is C10H9N3O4. The van der Waals surface area contributed by atoms with Crippen molar-refractivity contribution in [2.45, 2.75) is 13.5 Å². The first kappa shape index (κ1) is 11.1. The molecule has 1 aromatic heterocycles. The van der Waals surface area contributed by atoms with Crippen molar-refractivity contribution in [2.75, 3.05) is 0 Å². The number of aromatic amines is 1. The van der Waals surface area contributed by atoms with Gasteiger partial charge >= 0.3 is 11.1 Å². The van der Waals surface area contributed by atoms with Gasteiger partial charge in [-0.25, -0.2) is 0 Å². The quantitative estimate of drug-likeness (QED) is 0.468. The van der Waals surface area contributed by atoms with Crippen LogP contribution >= 0.6 is 0 Å². The number of benzene rings is 1. The molecule has 0 amide bonds. The first-order valence-electron chi connectivity index (χ1n) is 4.96. The van der Waals surface area contributed by atoms with Crippen molar-refractivity contribution in [3.05, 3.63) is 49.0 Å². The lowest BCUT2D eigenvalue weighted by Crippen LogP contribution is -2.35. The molecule has 0 radical (unpaired) electrons. The number of hydrogen-bond donors (Lipinski definition) is 1. The fourth-order valence-electron chi connectivity index (χ4n) is 1.69. The van der Waals surface area contributed by atoms with E-state index in [0.29, 0.717) is 12.1 Å². The Balaban J connectivity index is 2.90. The van der Waals surface area contributed by atoms with Crippen LogP contribution in [0.15, 0.2) is 27.8 Å². The second-order valence-electron chi connectivity index (χ2n) is 3.46. The Morgan fingerprint density at radius 1 is 1.41 bits per heavy atom. The number of aryl methyl sites for hydroxylation is 1. The molecule has 0 spiro atoms. The van der Waals surface area contributed by atoms with E-state index in [4.69, 9.17) is 0 Å². The number of non-ortho nitro benzene ring substituents is 1. The molecule has 0 aliphatic rings. The van der Waals surface area contributed by atoms with Gasteiger partial charge in [0.05, 0.1) is 16.0 Å². The summed E-state index contributed by atoms with van der Waals surface area (Å²) in [5.74, 6) is 0. The smallest absolute Gasteiger partial charge is 0.316 e. The van der Waals surface area contributed by atoms with E-state index in [-0.39, 0.29) is 11.2 Å². The van der Waals surface area contributed by atoms with Crippen molar-refractivity contribution in [3.63, 3.8) is 0 Å². The fraction of sp³-hybridized carbons (Fsp3) is 0.200. The zero-order valence-electron chi connectivity index (χ0n) is 8.97. The van der Waals surface area contributed by atoms with Gasteiger partial charge in [0.15, 0.2) is 0 Å². The molecule has 0 atom stereocenters. The Hall–Kier alpha value is -2.44. The molecule has 0 saturated heterocycles. The molecule has 0 aliphatic heterocycles. The summed E-state index contributed by atoms with van der Waals surface area (Å²) in [6.07, 6.45) is 0. The summed E-state index contributed by atoms with van der Waals surface area (Å²) < 4.78 is 1.28. The van der Waals surface area contributed by atoms with Gasteiger partial charge in [0.2, 0.25) is 0 Å². The molecule has 1 aromatic carbocycles. The zero-order valence-corrected chi connectivity index (χ0v) is 8.97. The van der Waals surface area contributed by atoms with Gasteiger partial charge in [0, 0.05) is 18.7 Å². The zero-order chi connectivity index (χ0) is 12.6. The molecule has 7 nitrogen and oxygen atoms in total. The van der Waals surface area contributed by atoms with Crippen LogP contribution in [0.3, 0.4) is 0 Å². The number of rotatable bonds is 2. The van der Waals surface area contributed by atoms with Gasteiger partial charge in [0.25, 0.3) is 5.69 Å². The number of hydrogen-bond acceptors (Lipinski definition) is 4. The average molecular weight is 235 g/mol. The van der Waals surface area contributed by atoms with Gasteiger partial charge in [-0.3, -0.25) is 19.7 Å². The average Bonchev–Trinajstić information content (AvgIpc) is 2.30. The van der Waals surface area contributed by atoms with E-state index in [1.165, 1.54) is 22.8 Å². The topological polar surface area (TPSA) is 98.0 Å². The summed E-state index contributed by atoms with van der Waals surface area (Å²) in [5, 5.41) is 10.6. The molecule has 0 aliphatic carbocycles. The van der Waals surface area contributed by atoms with Crippen LogP contribution in [-0.2, 0) is 6.54 Å². The monoisotopic (exact) mass is 235 g/mol. The van der Waals surface area contributed by atoms with Crippen molar-refractivity contribution in [1.82, 2.24) is 9.55 Å². The number of fused-ring (bicyclic) bond motifs is 1. The summed E-state index contributed by atoms with van der Waals surface area (Å²) >= 11 is 0. The Morgan fingerprint density at radius 2 is 2.12 bits per heavy atom. The summed E-state index contributed by atoms with van der Waals surface area (Å²) in [5.41, 5.74) is -0.809. The molecule has 0 bridgehead atoms. The maximum absolute atomic E-state index is 11.5. The Kier molecular flexibility index (Phi) is 2.51. The summed E-state index contributed by atoms with van der Waals surface area (Å²) in [6.45, 7) is 2.05. The number of aromatic nitrogens is 2. The van der Waals surface area contributed by atoms with E-state index in [1.54, 1.807) is 6.92 Å². The van der Waals surface area contributed by atoms with Crippen LogP contribution in [0.4, 0.5) is 5.69 Å². The molecule has 0 unspecified atom stereocenters. The van der Waals surface area contributed by atoms with Gasteiger partial charge in [0.1, 0.15) is 0 Å². The third kappa shape index (κ3) is 1.71. The number of H-pyrrole nitrogens is 1. The van der Waals surface area contributed by atoms with E-state index in [2.05, 4.69) is 4.98 Å². The Bertz CT molecular complexity index is 714. The minimum atomic E-state index is -0.778. The predicted molar refractivity (Wildman–Crippen MR) is 61.2 cm³/mol. The van der Waals surface area contributed by atoms with Crippen molar-refractivity contribution in [1.29, 1.82) is 0 Å². The van der Waals surface area contributed by atoms with E-state index < -0.39 is 16.0 Å². The van der Waals surface area contributed by atoms with Crippen LogP contribution in [0, 0.1) is 10.1 Å². The minimum Gasteiger partial charge on any atom is -0.316 e. The first-order chi connectivity index (χ1) is 8.04. The lowest BCUT2D eigenvalue weighted by atomic mass is 10.2. The standard InChI is InChI=1S/C10H9N3O4/c1-2-12-8-4-3-6(13(16)17)5-7(8)11-9(14)10(12)15/h3-5H,2H2,1H3,(H,11,14). The maximum Gasteiger partial charge on any atom is 0.316 e. The van der Waals surface area contributed by atoms with Crippen LogP contribution in [0.25, 0.3) is 11.0 Å². The van der Waals surface area contributed by atoms with Gasteiger partial charge in [-0.15, -0.1) is 0 Å². The molecule has 2 aromatic rings. The Morgan fingerprint density at radius 3 is 2.71 bits per heavy atom.